The second-order valence-corrected chi connectivity index (χ2v) is 6.55. The average molecular weight is 348 g/mol. The Morgan fingerprint density at radius 2 is 2.19 bits per heavy atom. The second kappa shape index (κ2) is 6.70. The molecule has 6 nitrogen and oxygen atoms in total. The maximum Gasteiger partial charge on any atom is 0.142 e. The summed E-state index contributed by atoms with van der Waals surface area (Å²) < 4.78 is 13.8. The number of nitriles is 1. The molecule has 1 aliphatic heterocycles. The van der Waals surface area contributed by atoms with Gasteiger partial charge < -0.3 is 19.5 Å². The van der Waals surface area contributed by atoms with Crippen molar-refractivity contribution in [2.75, 3.05) is 12.3 Å². The van der Waals surface area contributed by atoms with Crippen LogP contribution in [-0.2, 0) is 11.8 Å². The molecule has 2 N–H and O–H groups in total. The summed E-state index contributed by atoms with van der Waals surface area (Å²) >= 11 is 0. The van der Waals surface area contributed by atoms with E-state index in [4.69, 9.17) is 14.9 Å². The minimum absolute atomic E-state index is 0.0178. The topological polar surface area (TPSA) is 90.0 Å². The molecule has 0 aliphatic carbocycles. The Balaban J connectivity index is 1.76. The van der Waals surface area contributed by atoms with E-state index in [2.05, 4.69) is 11.1 Å². The molecule has 0 spiro atoms. The summed E-state index contributed by atoms with van der Waals surface area (Å²) in [5.74, 6) is 1.60. The molecule has 0 bridgehead atoms. The summed E-state index contributed by atoms with van der Waals surface area (Å²) in [6.45, 7) is 0.754. The molecule has 0 radical (unpaired) electrons. The van der Waals surface area contributed by atoms with E-state index in [0.717, 1.165) is 37.2 Å². The molecule has 4 heterocycles. The number of hydrogen-bond acceptors (Lipinski definition) is 5. The van der Waals surface area contributed by atoms with Gasteiger partial charge in [-0.3, -0.25) is 0 Å². The Bertz CT molecular complexity index is 974. The first-order valence-electron chi connectivity index (χ1n) is 8.70. The number of aryl methyl sites for hydroxylation is 1. The van der Waals surface area contributed by atoms with Crippen molar-refractivity contribution >= 4 is 5.82 Å². The van der Waals surface area contributed by atoms with E-state index in [-0.39, 0.29) is 11.9 Å². The highest BCUT2D eigenvalue weighted by molar-refractivity contribution is 5.77. The van der Waals surface area contributed by atoms with Gasteiger partial charge in [-0.1, -0.05) is 0 Å². The van der Waals surface area contributed by atoms with Crippen molar-refractivity contribution < 1.29 is 9.15 Å². The van der Waals surface area contributed by atoms with Gasteiger partial charge in [0.15, 0.2) is 0 Å². The molecule has 4 rings (SSSR count). The summed E-state index contributed by atoms with van der Waals surface area (Å²) in [5.41, 5.74) is 8.69. The Hall–Kier alpha value is -3.04. The first-order valence-corrected chi connectivity index (χ1v) is 8.70. The van der Waals surface area contributed by atoms with Crippen LogP contribution in [0.2, 0.25) is 0 Å². The molecule has 0 saturated carbocycles. The summed E-state index contributed by atoms with van der Waals surface area (Å²) in [5, 5.41) is 9.54. The van der Waals surface area contributed by atoms with Gasteiger partial charge in [-0.2, -0.15) is 5.26 Å². The monoisotopic (exact) mass is 348 g/mol. The molecule has 1 atom stereocenters. The minimum Gasteiger partial charge on any atom is -0.458 e. The van der Waals surface area contributed by atoms with Gasteiger partial charge in [0.2, 0.25) is 0 Å². The fourth-order valence-electron chi connectivity index (χ4n) is 3.32. The standard InChI is InChI=1S/C20H20N4O2/c1-24-8-7-13(12-24)16-10-14(15(11-21)20(22)23-16)17-5-6-19(26-17)18-4-2-3-9-25-18/h5-8,10,12,18H,2-4,9H2,1H3,(H2,22,23)/t18-/m1/s1. The number of hydrogen-bond donors (Lipinski definition) is 1. The lowest BCUT2D eigenvalue weighted by Gasteiger charge is -2.20. The third-order valence-corrected chi connectivity index (χ3v) is 4.68. The number of nitrogen functional groups attached to an aromatic ring is 1. The third-order valence-electron chi connectivity index (χ3n) is 4.68. The number of ether oxygens (including phenoxy) is 1. The summed E-state index contributed by atoms with van der Waals surface area (Å²) in [7, 11) is 1.94. The first kappa shape index (κ1) is 16.4. The third kappa shape index (κ3) is 2.98. The number of nitrogens with zero attached hydrogens (tertiary/aromatic N) is 3. The van der Waals surface area contributed by atoms with Gasteiger partial charge >= 0.3 is 0 Å². The van der Waals surface area contributed by atoms with Crippen molar-refractivity contribution in [1.29, 1.82) is 5.26 Å². The first-order chi connectivity index (χ1) is 12.7. The molecule has 6 heteroatoms. The van der Waals surface area contributed by atoms with Gasteiger partial charge in [0, 0.05) is 37.2 Å². The predicted molar refractivity (Wildman–Crippen MR) is 98.0 cm³/mol. The molecular formula is C20H20N4O2. The van der Waals surface area contributed by atoms with Crippen LogP contribution >= 0.6 is 0 Å². The van der Waals surface area contributed by atoms with E-state index in [1.165, 1.54) is 0 Å². The van der Waals surface area contributed by atoms with E-state index in [1.807, 2.05) is 48.3 Å². The fourth-order valence-corrected chi connectivity index (χ4v) is 3.32. The zero-order chi connectivity index (χ0) is 18.1. The van der Waals surface area contributed by atoms with Crippen LogP contribution in [0.25, 0.3) is 22.6 Å². The Labute approximate surface area is 151 Å². The fraction of sp³-hybridized carbons (Fsp3) is 0.300. The molecule has 1 aliphatic rings. The van der Waals surface area contributed by atoms with Crippen LogP contribution in [0.5, 0.6) is 0 Å². The van der Waals surface area contributed by atoms with Gasteiger partial charge in [-0.05, 0) is 43.5 Å². The smallest absolute Gasteiger partial charge is 0.142 e. The molecule has 1 saturated heterocycles. The van der Waals surface area contributed by atoms with Gasteiger partial charge in [0.05, 0.1) is 5.69 Å². The van der Waals surface area contributed by atoms with Crippen LogP contribution in [0.15, 0.2) is 41.1 Å². The van der Waals surface area contributed by atoms with Crippen molar-refractivity contribution in [2.24, 2.45) is 7.05 Å². The van der Waals surface area contributed by atoms with Crippen LogP contribution in [0, 0.1) is 11.3 Å². The Morgan fingerprint density at radius 1 is 1.31 bits per heavy atom. The molecule has 132 valence electrons. The van der Waals surface area contributed by atoms with E-state index >= 15 is 0 Å². The zero-order valence-corrected chi connectivity index (χ0v) is 14.6. The highest BCUT2D eigenvalue weighted by atomic mass is 16.5. The second-order valence-electron chi connectivity index (χ2n) is 6.55. The minimum atomic E-state index is -0.0178. The van der Waals surface area contributed by atoms with Crippen LogP contribution in [-0.4, -0.2) is 16.2 Å². The molecule has 0 aromatic carbocycles. The van der Waals surface area contributed by atoms with Gasteiger partial charge in [-0.25, -0.2) is 4.98 Å². The highest BCUT2D eigenvalue weighted by Gasteiger charge is 2.22. The Morgan fingerprint density at radius 3 is 2.88 bits per heavy atom. The highest BCUT2D eigenvalue weighted by Crippen LogP contribution is 2.35. The molecule has 1 fully saturated rings. The van der Waals surface area contributed by atoms with Crippen molar-refractivity contribution in [1.82, 2.24) is 9.55 Å². The summed E-state index contributed by atoms with van der Waals surface area (Å²) in [4.78, 5) is 4.39. The maximum atomic E-state index is 9.54. The SMILES string of the molecule is Cn1ccc(-c2cc(-c3ccc([C@H]4CCCCO4)o3)c(C#N)c(N)n2)c1. The van der Waals surface area contributed by atoms with Crippen molar-refractivity contribution in [3.63, 3.8) is 0 Å². The molecule has 0 amide bonds. The average Bonchev–Trinajstić information content (AvgIpc) is 3.31. The van der Waals surface area contributed by atoms with Crippen LogP contribution in [0.3, 0.4) is 0 Å². The number of rotatable bonds is 3. The van der Waals surface area contributed by atoms with E-state index in [9.17, 15) is 5.26 Å². The molecule has 3 aromatic heterocycles. The number of nitrogens with two attached hydrogens (primary N) is 1. The van der Waals surface area contributed by atoms with Gasteiger partial charge in [0.25, 0.3) is 0 Å². The number of aromatic nitrogens is 2. The quantitative estimate of drug-likeness (QED) is 0.771. The normalized spacial score (nSPS) is 17.2. The van der Waals surface area contributed by atoms with E-state index in [0.29, 0.717) is 22.6 Å². The molecule has 3 aromatic rings. The lowest BCUT2D eigenvalue weighted by atomic mass is 10.0. The summed E-state index contributed by atoms with van der Waals surface area (Å²) in [6, 6.07) is 9.76. The summed E-state index contributed by atoms with van der Waals surface area (Å²) in [6.07, 6.45) is 7.05. The van der Waals surface area contributed by atoms with E-state index in [1.54, 1.807) is 0 Å². The lowest BCUT2D eigenvalue weighted by Crippen LogP contribution is -2.10. The maximum absolute atomic E-state index is 9.54. The van der Waals surface area contributed by atoms with Gasteiger partial charge in [0.1, 0.15) is 35.1 Å². The molecule has 26 heavy (non-hydrogen) atoms. The van der Waals surface area contributed by atoms with E-state index < -0.39 is 0 Å². The molecule has 0 unspecified atom stereocenters. The number of anilines is 1. The predicted octanol–water partition coefficient (Wildman–Crippen LogP) is 4.04. The van der Waals surface area contributed by atoms with Crippen molar-refractivity contribution in [3.05, 3.63) is 48.0 Å². The van der Waals surface area contributed by atoms with Crippen molar-refractivity contribution in [3.8, 4) is 28.7 Å². The van der Waals surface area contributed by atoms with Crippen LogP contribution in [0.1, 0.15) is 36.7 Å². The number of furan rings is 1. The van der Waals surface area contributed by atoms with Crippen molar-refractivity contribution in [2.45, 2.75) is 25.4 Å². The van der Waals surface area contributed by atoms with Crippen LogP contribution in [0.4, 0.5) is 5.82 Å². The van der Waals surface area contributed by atoms with Gasteiger partial charge in [-0.15, -0.1) is 0 Å². The Kier molecular flexibility index (Phi) is 4.23. The molecular weight excluding hydrogens is 328 g/mol. The lowest BCUT2D eigenvalue weighted by molar-refractivity contribution is 0.00222. The number of pyridine rings is 1. The largest absolute Gasteiger partial charge is 0.458 e. The van der Waals surface area contributed by atoms with Crippen LogP contribution < -0.4 is 5.73 Å². The zero-order valence-electron chi connectivity index (χ0n) is 14.6.